The number of aromatic nitrogens is 2. The van der Waals surface area contributed by atoms with Crippen LogP contribution < -0.4 is 5.32 Å². The Morgan fingerprint density at radius 2 is 2.19 bits per heavy atom. The summed E-state index contributed by atoms with van der Waals surface area (Å²) >= 11 is 2.71. The van der Waals surface area contributed by atoms with Gasteiger partial charge >= 0.3 is 5.97 Å². The van der Waals surface area contributed by atoms with Crippen molar-refractivity contribution in [3.63, 3.8) is 0 Å². The molecule has 9 heteroatoms. The average Bonchev–Trinajstić information content (AvgIpc) is 3.09. The normalized spacial score (nSPS) is 11.9. The monoisotopic (exact) mass is 391 g/mol. The summed E-state index contributed by atoms with van der Waals surface area (Å²) in [6.45, 7) is 1.46. The maximum Gasteiger partial charge on any atom is 0.317 e. The Morgan fingerprint density at radius 3 is 3.00 bits per heavy atom. The number of carbonyl (C=O) groups excluding carboxylic acids is 2. The number of halogens is 1. The minimum absolute atomic E-state index is 0.0134. The number of esters is 1. The Morgan fingerprint density at radius 1 is 1.35 bits per heavy atom. The second kappa shape index (κ2) is 8.24. The summed E-state index contributed by atoms with van der Waals surface area (Å²) in [5, 5.41) is 5.97. The highest BCUT2D eigenvalue weighted by atomic mass is 32.2. The van der Waals surface area contributed by atoms with Gasteiger partial charge in [0, 0.05) is 11.1 Å². The number of nitrogens with zero attached hydrogens (tertiary/aromatic N) is 2. The topological polar surface area (TPSA) is 81.2 Å². The minimum Gasteiger partial charge on any atom is -0.452 e. The van der Waals surface area contributed by atoms with Crippen LogP contribution >= 0.6 is 23.1 Å². The van der Waals surface area contributed by atoms with E-state index in [1.54, 1.807) is 6.07 Å². The Labute approximate surface area is 156 Å². The largest absolute Gasteiger partial charge is 0.452 e. The fourth-order valence-electron chi connectivity index (χ4n) is 2.10. The van der Waals surface area contributed by atoms with Crippen molar-refractivity contribution in [3.05, 3.63) is 47.9 Å². The molecule has 1 aromatic carbocycles. The minimum atomic E-state index is -1.00. The van der Waals surface area contributed by atoms with Crippen LogP contribution in [0.4, 0.5) is 10.1 Å². The van der Waals surface area contributed by atoms with Crippen molar-refractivity contribution in [2.45, 2.75) is 18.1 Å². The number of rotatable bonds is 6. The molecule has 26 heavy (non-hydrogen) atoms. The van der Waals surface area contributed by atoms with Gasteiger partial charge in [0.05, 0.1) is 5.75 Å². The van der Waals surface area contributed by atoms with Crippen LogP contribution in [0.2, 0.25) is 0 Å². The van der Waals surface area contributed by atoms with E-state index in [9.17, 15) is 14.0 Å². The third-order valence-electron chi connectivity index (χ3n) is 3.32. The molecule has 2 aromatic heterocycles. The molecule has 0 bridgehead atoms. The molecule has 1 atom stereocenters. The zero-order valence-corrected chi connectivity index (χ0v) is 15.3. The predicted octanol–water partition coefficient (Wildman–Crippen LogP) is 3.49. The number of hydrogen-bond acceptors (Lipinski definition) is 7. The molecule has 0 spiro atoms. The van der Waals surface area contributed by atoms with Crippen molar-refractivity contribution in [2.24, 2.45) is 0 Å². The summed E-state index contributed by atoms with van der Waals surface area (Å²) in [6, 6.07) is 7.37. The van der Waals surface area contributed by atoms with Crippen LogP contribution in [0, 0.1) is 5.82 Å². The van der Waals surface area contributed by atoms with Crippen LogP contribution in [-0.4, -0.2) is 33.7 Å². The first-order valence-electron chi connectivity index (χ1n) is 7.60. The highest BCUT2D eigenvalue weighted by Gasteiger charge is 2.19. The second-order valence-corrected chi connectivity index (χ2v) is 7.10. The van der Waals surface area contributed by atoms with Crippen LogP contribution in [0.25, 0.3) is 10.2 Å². The van der Waals surface area contributed by atoms with Gasteiger partial charge < -0.3 is 10.1 Å². The second-order valence-electron chi connectivity index (χ2n) is 5.24. The molecule has 1 amide bonds. The van der Waals surface area contributed by atoms with Crippen molar-refractivity contribution >= 4 is 50.9 Å². The lowest BCUT2D eigenvalue weighted by Crippen LogP contribution is -2.30. The first-order chi connectivity index (χ1) is 12.5. The number of thioether (sulfide) groups is 1. The quantitative estimate of drug-likeness (QED) is 0.394. The third kappa shape index (κ3) is 4.55. The maximum atomic E-state index is 13.1. The van der Waals surface area contributed by atoms with Crippen molar-refractivity contribution in [1.82, 2.24) is 9.97 Å². The van der Waals surface area contributed by atoms with Gasteiger partial charge in [-0.1, -0.05) is 17.8 Å². The Balaban J connectivity index is 1.52. The summed E-state index contributed by atoms with van der Waals surface area (Å²) in [4.78, 5) is 33.2. The number of hydrogen-bond donors (Lipinski definition) is 1. The third-order valence-corrected chi connectivity index (χ3v) is 5.12. The standard InChI is InChI=1S/C17H14FN3O3S2/c1-10(15(23)21-12-4-2-3-11(18)7-12)24-14(22)8-26-17-13-5-6-25-16(13)19-9-20-17/h2-7,9-10H,8H2,1H3,(H,21,23)/t10-/m0/s1. The van der Waals surface area contributed by atoms with Gasteiger partial charge in [0.1, 0.15) is 22.0 Å². The molecule has 6 nitrogen and oxygen atoms in total. The molecule has 0 aliphatic rings. The highest BCUT2D eigenvalue weighted by molar-refractivity contribution is 8.00. The first-order valence-corrected chi connectivity index (χ1v) is 9.46. The lowest BCUT2D eigenvalue weighted by molar-refractivity contribution is -0.150. The van der Waals surface area contributed by atoms with E-state index >= 15 is 0 Å². The number of fused-ring (bicyclic) bond motifs is 1. The lowest BCUT2D eigenvalue weighted by atomic mass is 10.3. The number of benzene rings is 1. The Kier molecular flexibility index (Phi) is 5.79. The predicted molar refractivity (Wildman–Crippen MR) is 98.7 cm³/mol. The summed E-state index contributed by atoms with van der Waals surface area (Å²) in [6.07, 6.45) is 0.444. The van der Waals surface area contributed by atoms with Gasteiger partial charge in [-0.3, -0.25) is 9.59 Å². The summed E-state index contributed by atoms with van der Waals surface area (Å²) in [7, 11) is 0. The van der Waals surface area contributed by atoms with Gasteiger partial charge in [-0.2, -0.15) is 0 Å². The number of ether oxygens (including phenoxy) is 1. The highest BCUT2D eigenvalue weighted by Crippen LogP contribution is 2.27. The molecular weight excluding hydrogens is 377 g/mol. The molecular formula is C17H14FN3O3S2. The number of nitrogens with one attached hydrogen (secondary N) is 1. The molecule has 3 aromatic rings. The van der Waals surface area contributed by atoms with E-state index in [2.05, 4.69) is 15.3 Å². The van der Waals surface area contributed by atoms with Crippen molar-refractivity contribution in [2.75, 3.05) is 11.1 Å². The van der Waals surface area contributed by atoms with Crippen LogP contribution in [-0.2, 0) is 14.3 Å². The fraction of sp³-hybridized carbons (Fsp3) is 0.176. The van der Waals surface area contributed by atoms with Gasteiger partial charge in [-0.25, -0.2) is 14.4 Å². The molecule has 1 N–H and O–H groups in total. The molecule has 0 saturated carbocycles. The zero-order valence-electron chi connectivity index (χ0n) is 13.6. The number of thiophene rings is 1. The van der Waals surface area contributed by atoms with Crippen LogP contribution in [0.1, 0.15) is 6.92 Å². The Bertz CT molecular complexity index is 948. The molecule has 0 fully saturated rings. The SMILES string of the molecule is C[C@H](OC(=O)CSc1ncnc2sccc12)C(=O)Nc1cccc(F)c1. The van der Waals surface area contributed by atoms with Crippen molar-refractivity contribution in [1.29, 1.82) is 0 Å². The fourth-order valence-corrected chi connectivity index (χ4v) is 3.67. The lowest BCUT2D eigenvalue weighted by Gasteiger charge is -2.13. The maximum absolute atomic E-state index is 13.1. The molecule has 0 radical (unpaired) electrons. The number of amides is 1. The smallest absolute Gasteiger partial charge is 0.317 e. The van der Waals surface area contributed by atoms with E-state index in [1.165, 1.54) is 54.5 Å². The molecule has 0 saturated heterocycles. The van der Waals surface area contributed by atoms with E-state index in [4.69, 9.17) is 4.74 Å². The zero-order chi connectivity index (χ0) is 18.5. The summed E-state index contributed by atoms with van der Waals surface area (Å²) < 4.78 is 18.3. The van der Waals surface area contributed by atoms with Gasteiger partial charge in [0.2, 0.25) is 0 Å². The van der Waals surface area contributed by atoms with E-state index < -0.39 is 23.8 Å². The molecule has 0 aliphatic heterocycles. The van der Waals surface area contributed by atoms with E-state index in [0.29, 0.717) is 10.7 Å². The van der Waals surface area contributed by atoms with Crippen molar-refractivity contribution < 1.29 is 18.7 Å². The average molecular weight is 391 g/mol. The molecule has 134 valence electrons. The first kappa shape index (κ1) is 18.3. The molecule has 3 rings (SSSR count). The van der Waals surface area contributed by atoms with Gasteiger partial charge in [0.15, 0.2) is 6.10 Å². The number of carbonyl (C=O) groups is 2. The van der Waals surface area contributed by atoms with Crippen LogP contribution in [0.3, 0.4) is 0 Å². The summed E-state index contributed by atoms with van der Waals surface area (Å²) in [5.74, 6) is -1.52. The van der Waals surface area contributed by atoms with E-state index in [-0.39, 0.29) is 5.75 Å². The molecule has 0 unspecified atom stereocenters. The van der Waals surface area contributed by atoms with Gasteiger partial charge in [0.25, 0.3) is 5.91 Å². The van der Waals surface area contributed by atoms with Gasteiger partial charge in [-0.15, -0.1) is 11.3 Å². The van der Waals surface area contributed by atoms with E-state index in [0.717, 1.165) is 10.2 Å². The van der Waals surface area contributed by atoms with Gasteiger partial charge in [-0.05, 0) is 36.6 Å². The molecule has 2 heterocycles. The number of anilines is 1. The van der Waals surface area contributed by atoms with Crippen molar-refractivity contribution in [3.8, 4) is 0 Å². The van der Waals surface area contributed by atoms with Crippen LogP contribution in [0.5, 0.6) is 0 Å². The molecule has 0 aliphatic carbocycles. The van der Waals surface area contributed by atoms with Crippen LogP contribution in [0.15, 0.2) is 47.1 Å². The summed E-state index contributed by atoms with van der Waals surface area (Å²) in [5.41, 5.74) is 0.299. The Hall–Kier alpha value is -2.52. The van der Waals surface area contributed by atoms with E-state index in [1.807, 2.05) is 11.4 Å².